The van der Waals surface area contributed by atoms with Crippen LogP contribution in [0.15, 0.2) is 60.3 Å². The van der Waals surface area contributed by atoms with Gasteiger partial charge in [-0.1, -0.05) is 60.3 Å². The minimum Gasteiger partial charge on any atom is -0.0988 e. The van der Waals surface area contributed by atoms with Crippen molar-refractivity contribution in [2.45, 2.75) is 19.8 Å². The standard InChI is InChI=1S/C13H16/c1-4-11(2)10-13-7-5-6-12(3)8-9-13/h4-6,8-9H,1-2,7,10H2,3H3. The summed E-state index contributed by atoms with van der Waals surface area (Å²) in [6.07, 6.45) is 12.5. The summed E-state index contributed by atoms with van der Waals surface area (Å²) < 4.78 is 0. The molecule has 1 aliphatic carbocycles. The summed E-state index contributed by atoms with van der Waals surface area (Å²) in [5.41, 5.74) is 3.80. The van der Waals surface area contributed by atoms with Crippen LogP contribution in [0.25, 0.3) is 0 Å². The fraction of sp³-hybridized carbons (Fsp3) is 0.231. The van der Waals surface area contributed by atoms with Crippen molar-refractivity contribution in [1.29, 1.82) is 0 Å². The van der Waals surface area contributed by atoms with Gasteiger partial charge >= 0.3 is 0 Å². The normalized spacial score (nSPS) is 15.8. The van der Waals surface area contributed by atoms with Gasteiger partial charge in [-0.05, 0) is 19.8 Å². The molecular formula is C13H16. The van der Waals surface area contributed by atoms with Crippen LogP contribution in [-0.4, -0.2) is 0 Å². The molecule has 0 N–H and O–H groups in total. The Kier molecular flexibility index (Phi) is 3.51. The van der Waals surface area contributed by atoms with Gasteiger partial charge in [-0.2, -0.15) is 0 Å². The summed E-state index contributed by atoms with van der Waals surface area (Å²) in [5, 5.41) is 0. The van der Waals surface area contributed by atoms with Crippen LogP contribution in [0.2, 0.25) is 0 Å². The average Bonchev–Trinajstić information content (AvgIpc) is 2.31. The summed E-state index contributed by atoms with van der Waals surface area (Å²) in [6, 6.07) is 0. The van der Waals surface area contributed by atoms with Crippen molar-refractivity contribution < 1.29 is 0 Å². The van der Waals surface area contributed by atoms with Gasteiger partial charge in [0.25, 0.3) is 0 Å². The van der Waals surface area contributed by atoms with Gasteiger partial charge in [0.05, 0.1) is 0 Å². The molecule has 0 radical (unpaired) electrons. The molecular weight excluding hydrogens is 156 g/mol. The molecule has 0 spiro atoms. The summed E-state index contributed by atoms with van der Waals surface area (Å²) in [4.78, 5) is 0. The third kappa shape index (κ3) is 3.29. The molecule has 0 saturated heterocycles. The number of hydrogen-bond acceptors (Lipinski definition) is 0. The van der Waals surface area contributed by atoms with Gasteiger partial charge in [0.15, 0.2) is 0 Å². The minimum atomic E-state index is 0.942. The molecule has 0 nitrogen and oxygen atoms in total. The van der Waals surface area contributed by atoms with E-state index in [9.17, 15) is 0 Å². The van der Waals surface area contributed by atoms with Gasteiger partial charge < -0.3 is 0 Å². The van der Waals surface area contributed by atoms with Crippen molar-refractivity contribution in [2.75, 3.05) is 0 Å². The molecule has 0 heterocycles. The lowest BCUT2D eigenvalue weighted by Crippen LogP contribution is -1.82. The van der Waals surface area contributed by atoms with E-state index in [2.05, 4.69) is 44.4 Å². The van der Waals surface area contributed by atoms with Crippen LogP contribution in [0.4, 0.5) is 0 Å². The average molecular weight is 172 g/mol. The van der Waals surface area contributed by atoms with Crippen LogP contribution in [0.1, 0.15) is 19.8 Å². The Morgan fingerprint density at radius 3 is 3.00 bits per heavy atom. The maximum atomic E-state index is 3.91. The van der Waals surface area contributed by atoms with Crippen molar-refractivity contribution in [3.05, 3.63) is 60.3 Å². The molecule has 0 aliphatic heterocycles. The van der Waals surface area contributed by atoms with E-state index in [-0.39, 0.29) is 0 Å². The second kappa shape index (κ2) is 4.66. The van der Waals surface area contributed by atoms with E-state index in [1.54, 1.807) is 0 Å². The first-order valence-corrected chi connectivity index (χ1v) is 4.55. The fourth-order valence-corrected chi connectivity index (χ4v) is 1.26. The van der Waals surface area contributed by atoms with Crippen molar-refractivity contribution in [3.8, 4) is 0 Å². The van der Waals surface area contributed by atoms with Crippen LogP contribution in [0.5, 0.6) is 0 Å². The van der Waals surface area contributed by atoms with Crippen LogP contribution in [-0.2, 0) is 0 Å². The Morgan fingerprint density at radius 2 is 2.31 bits per heavy atom. The molecule has 0 unspecified atom stereocenters. The minimum absolute atomic E-state index is 0.942. The van der Waals surface area contributed by atoms with Crippen molar-refractivity contribution in [3.63, 3.8) is 0 Å². The van der Waals surface area contributed by atoms with Gasteiger partial charge in [0.2, 0.25) is 0 Å². The highest BCUT2D eigenvalue weighted by Crippen LogP contribution is 2.17. The molecule has 0 aromatic carbocycles. The highest BCUT2D eigenvalue weighted by molar-refractivity contribution is 5.32. The lowest BCUT2D eigenvalue weighted by atomic mass is 10.0. The van der Waals surface area contributed by atoms with Gasteiger partial charge in [-0.25, -0.2) is 0 Å². The summed E-state index contributed by atoms with van der Waals surface area (Å²) in [7, 11) is 0. The Balaban J connectivity index is 2.66. The van der Waals surface area contributed by atoms with Crippen molar-refractivity contribution in [1.82, 2.24) is 0 Å². The Hall–Kier alpha value is -1.30. The predicted octanol–water partition coefficient (Wildman–Crippen LogP) is 3.95. The fourth-order valence-electron chi connectivity index (χ4n) is 1.26. The zero-order chi connectivity index (χ0) is 9.68. The van der Waals surface area contributed by atoms with Gasteiger partial charge in [0, 0.05) is 0 Å². The number of allylic oxidation sites excluding steroid dienone is 8. The zero-order valence-corrected chi connectivity index (χ0v) is 8.22. The van der Waals surface area contributed by atoms with E-state index in [1.807, 2.05) is 6.08 Å². The van der Waals surface area contributed by atoms with E-state index in [0.29, 0.717) is 0 Å². The van der Waals surface area contributed by atoms with E-state index in [1.165, 1.54) is 11.1 Å². The van der Waals surface area contributed by atoms with Crippen molar-refractivity contribution >= 4 is 0 Å². The molecule has 68 valence electrons. The molecule has 1 aliphatic rings. The number of rotatable bonds is 3. The monoisotopic (exact) mass is 172 g/mol. The molecule has 0 amide bonds. The smallest absolute Gasteiger partial charge is 0.00670 e. The zero-order valence-electron chi connectivity index (χ0n) is 8.22. The summed E-state index contributed by atoms with van der Waals surface area (Å²) in [6.45, 7) is 9.73. The molecule has 0 aromatic heterocycles. The van der Waals surface area contributed by atoms with E-state index in [0.717, 1.165) is 18.4 Å². The Labute approximate surface area is 80.7 Å². The van der Waals surface area contributed by atoms with Crippen molar-refractivity contribution in [2.24, 2.45) is 0 Å². The lowest BCUT2D eigenvalue weighted by Gasteiger charge is -2.02. The van der Waals surface area contributed by atoms with Crippen LogP contribution < -0.4 is 0 Å². The molecule has 0 fully saturated rings. The van der Waals surface area contributed by atoms with Crippen LogP contribution in [0, 0.1) is 0 Å². The molecule has 0 heteroatoms. The Bertz CT molecular complexity index is 298. The first-order valence-electron chi connectivity index (χ1n) is 4.55. The highest BCUT2D eigenvalue weighted by atomic mass is 14.0. The summed E-state index contributed by atoms with van der Waals surface area (Å²) in [5.74, 6) is 0. The SMILES string of the molecule is C=CC(=C)CC1=CC=C(C)C=CC1. The molecule has 0 saturated carbocycles. The van der Waals surface area contributed by atoms with Gasteiger partial charge in [-0.3, -0.25) is 0 Å². The second-order valence-electron chi connectivity index (χ2n) is 3.38. The molecule has 0 aromatic rings. The summed E-state index contributed by atoms with van der Waals surface area (Å²) >= 11 is 0. The van der Waals surface area contributed by atoms with Gasteiger partial charge in [-0.15, -0.1) is 0 Å². The van der Waals surface area contributed by atoms with E-state index >= 15 is 0 Å². The van der Waals surface area contributed by atoms with Crippen LogP contribution in [0.3, 0.4) is 0 Å². The van der Waals surface area contributed by atoms with Gasteiger partial charge in [0.1, 0.15) is 0 Å². The maximum absolute atomic E-state index is 3.91. The largest absolute Gasteiger partial charge is 0.0988 e. The maximum Gasteiger partial charge on any atom is -0.00670 e. The third-order valence-electron chi connectivity index (χ3n) is 2.09. The highest BCUT2D eigenvalue weighted by Gasteiger charge is 1.98. The quantitative estimate of drug-likeness (QED) is 0.565. The lowest BCUT2D eigenvalue weighted by molar-refractivity contribution is 1.08. The molecule has 0 atom stereocenters. The van der Waals surface area contributed by atoms with E-state index < -0.39 is 0 Å². The first-order chi connectivity index (χ1) is 6.22. The topological polar surface area (TPSA) is 0 Å². The molecule has 1 rings (SSSR count). The van der Waals surface area contributed by atoms with Crippen LogP contribution >= 0.6 is 0 Å². The molecule has 13 heavy (non-hydrogen) atoms. The number of hydrogen-bond donors (Lipinski definition) is 0. The second-order valence-corrected chi connectivity index (χ2v) is 3.38. The van der Waals surface area contributed by atoms with E-state index in [4.69, 9.17) is 0 Å². The first kappa shape index (κ1) is 9.79. The third-order valence-corrected chi connectivity index (χ3v) is 2.09. The Morgan fingerprint density at radius 1 is 1.54 bits per heavy atom. The predicted molar refractivity (Wildman–Crippen MR) is 59.6 cm³/mol. The molecule has 0 bridgehead atoms.